The number of rotatable bonds is 6. The fraction of sp³-hybridized carbons (Fsp3) is 0.364. The Bertz CT molecular complexity index is 1830. The Morgan fingerprint density at radius 3 is 2.67 bits per heavy atom. The number of ether oxygens (including phenoxy) is 1. The number of carbonyl (C=O) groups excluding carboxylic acids is 2. The number of piperidine rings is 1. The van der Waals surface area contributed by atoms with Crippen LogP contribution in [0.15, 0.2) is 53.5 Å². The van der Waals surface area contributed by atoms with Gasteiger partial charge in [0.05, 0.1) is 17.0 Å². The van der Waals surface area contributed by atoms with Gasteiger partial charge in [-0.3, -0.25) is 14.4 Å². The number of fused-ring (bicyclic) bond motifs is 3. The van der Waals surface area contributed by atoms with Crippen molar-refractivity contribution in [3.8, 4) is 17.2 Å². The highest BCUT2D eigenvalue weighted by molar-refractivity contribution is 6.04. The van der Waals surface area contributed by atoms with Crippen LogP contribution in [0.5, 0.6) is 11.5 Å². The second kappa shape index (κ2) is 11.1. The number of aromatic nitrogens is 1. The summed E-state index contributed by atoms with van der Waals surface area (Å²) in [6.07, 6.45) is 6.05. The third-order valence-corrected chi connectivity index (χ3v) is 9.09. The molecule has 0 bridgehead atoms. The van der Waals surface area contributed by atoms with Crippen molar-refractivity contribution >= 4 is 39.2 Å². The number of nitrogens with one attached hydrogen (secondary N) is 3. The molecule has 3 N–H and O–H groups in total. The highest BCUT2D eigenvalue weighted by atomic mass is 19.1. The molecular formula is C33H34FN5O4. The summed E-state index contributed by atoms with van der Waals surface area (Å²) in [5, 5.41) is 10.7. The van der Waals surface area contributed by atoms with Crippen LogP contribution in [0.4, 0.5) is 10.1 Å². The first kappa shape index (κ1) is 27.5. The van der Waals surface area contributed by atoms with Crippen LogP contribution in [0.3, 0.4) is 0 Å². The maximum Gasteiger partial charge on any atom is 0.256 e. The van der Waals surface area contributed by atoms with Gasteiger partial charge in [0.15, 0.2) is 17.3 Å². The first-order chi connectivity index (χ1) is 20.9. The summed E-state index contributed by atoms with van der Waals surface area (Å²) in [5.41, 5.74) is 0.120. The fourth-order valence-electron chi connectivity index (χ4n) is 6.67. The molecule has 2 saturated heterocycles. The molecule has 9 nitrogen and oxygen atoms in total. The molecule has 7 rings (SSSR count). The Hall–Kier alpha value is -4.28. The zero-order chi connectivity index (χ0) is 29.7. The standard InChI is InChI=1S/C33H34FN5O4/c1-38-13-5-9-22(38)10-12-36-33(42)24-18-39-26-14-19-6-2-3-7-20(19)15-27(26)43-31-28(25(34)16-23(29(31)39)30(24)40)37-32(41)21-8-4-11-35-17-21/h2-3,6-7,14-16,18,21-22,35H,4-5,8-13,17H2,1H3,(H,36,42)(H,37,41). The summed E-state index contributed by atoms with van der Waals surface area (Å²) < 4.78 is 23.9. The summed E-state index contributed by atoms with van der Waals surface area (Å²) in [6.45, 7) is 2.81. The van der Waals surface area contributed by atoms with Gasteiger partial charge >= 0.3 is 0 Å². The van der Waals surface area contributed by atoms with E-state index >= 15 is 4.39 Å². The van der Waals surface area contributed by atoms with Crippen LogP contribution >= 0.6 is 0 Å². The lowest BCUT2D eigenvalue weighted by molar-refractivity contribution is -0.120. The van der Waals surface area contributed by atoms with Gasteiger partial charge in [-0.15, -0.1) is 0 Å². The van der Waals surface area contributed by atoms with Crippen molar-refractivity contribution in [2.24, 2.45) is 5.92 Å². The maximum absolute atomic E-state index is 15.8. The van der Waals surface area contributed by atoms with Crippen molar-refractivity contribution in [2.45, 2.75) is 38.1 Å². The molecule has 2 atom stereocenters. The molecule has 0 saturated carbocycles. The van der Waals surface area contributed by atoms with E-state index in [9.17, 15) is 14.4 Å². The molecule has 222 valence electrons. The van der Waals surface area contributed by atoms with Crippen LogP contribution in [0, 0.1) is 11.7 Å². The molecule has 3 aliphatic rings. The second-order valence-electron chi connectivity index (χ2n) is 11.8. The van der Waals surface area contributed by atoms with E-state index in [1.807, 2.05) is 36.4 Å². The van der Waals surface area contributed by atoms with E-state index in [0.29, 0.717) is 42.5 Å². The van der Waals surface area contributed by atoms with Crippen molar-refractivity contribution in [2.75, 3.05) is 38.5 Å². The Kier molecular flexibility index (Phi) is 7.10. The van der Waals surface area contributed by atoms with Crippen molar-refractivity contribution in [1.29, 1.82) is 0 Å². The van der Waals surface area contributed by atoms with Gasteiger partial charge in [-0.25, -0.2) is 4.39 Å². The van der Waals surface area contributed by atoms with Gasteiger partial charge < -0.3 is 30.2 Å². The first-order valence-corrected chi connectivity index (χ1v) is 15.0. The summed E-state index contributed by atoms with van der Waals surface area (Å²) in [5.74, 6) is -1.46. The molecule has 4 heterocycles. The van der Waals surface area contributed by atoms with Gasteiger partial charge in [0.2, 0.25) is 11.3 Å². The Morgan fingerprint density at radius 2 is 1.93 bits per heavy atom. The van der Waals surface area contributed by atoms with Gasteiger partial charge in [-0.1, -0.05) is 24.3 Å². The van der Waals surface area contributed by atoms with Crippen molar-refractivity contribution in [3.05, 3.63) is 70.3 Å². The van der Waals surface area contributed by atoms with Crippen LogP contribution < -0.4 is 26.1 Å². The molecule has 0 aliphatic carbocycles. The van der Waals surface area contributed by atoms with E-state index in [-0.39, 0.29) is 34.2 Å². The summed E-state index contributed by atoms with van der Waals surface area (Å²) >= 11 is 0. The molecule has 10 heteroatoms. The number of halogens is 1. The molecule has 1 aromatic heterocycles. The molecule has 3 aromatic carbocycles. The largest absolute Gasteiger partial charge is 0.451 e. The molecule has 0 radical (unpaired) electrons. The van der Waals surface area contributed by atoms with E-state index in [2.05, 4.69) is 27.9 Å². The highest BCUT2D eigenvalue weighted by Gasteiger charge is 2.31. The highest BCUT2D eigenvalue weighted by Crippen LogP contribution is 2.46. The van der Waals surface area contributed by atoms with Gasteiger partial charge in [-0.05, 0) is 81.2 Å². The summed E-state index contributed by atoms with van der Waals surface area (Å²) in [7, 11) is 2.08. The fourth-order valence-corrected chi connectivity index (χ4v) is 6.67. The quantitative estimate of drug-likeness (QED) is 0.271. The lowest BCUT2D eigenvalue weighted by Crippen LogP contribution is -2.37. The molecule has 0 spiro atoms. The predicted octanol–water partition coefficient (Wildman–Crippen LogP) is 4.54. The van der Waals surface area contributed by atoms with Crippen LogP contribution in [-0.2, 0) is 4.79 Å². The lowest BCUT2D eigenvalue weighted by Gasteiger charge is -2.27. The molecule has 43 heavy (non-hydrogen) atoms. The Labute approximate surface area is 248 Å². The van der Waals surface area contributed by atoms with Gasteiger partial charge in [0, 0.05) is 25.3 Å². The number of hydrogen-bond donors (Lipinski definition) is 3. The average molecular weight is 584 g/mol. The zero-order valence-corrected chi connectivity index (χ0v) is 24.0. The van der Waals surface area contributed by atoms with Crippen molar-refractivity contribution in [3.63, 3.8) is 0 Å². The van der Waals surface area contributed by atoms with Gasteiger partial charge in [0.25, 0.3) is 5.91 Å². The summed E-state index contributed by atoms with van der Waals surface area (Å²) in [6, 6.07) is 13.0. The number of pyridine rings is 1. The predicted molar refractivity (Wildman–Crippen MR) is 164 cm³/mol. The topological polar surface area (TPSA) is 105 Å². The number of likely N-dealkylation sites (tertiary alicyclic amines) is 1. The van der Waals surface area contributed by atoms with E-state index in [0.717, 1.165) is 55.6 Å². The van der Waals surface area contributed by atoms with E-state index < -0.39 is 17.2 Å². The molecule has 2 fully saturated rings. The minimum Gasteiger partial charge on any atom is -0.451 e. The second-order valence-corrected chi connectivity index (χ2v) is 11.8. The third-order valence-electron chi connectivity index (χ3n) is 9.09. The Morgan fingerprint density at radius 1 is 1.12 bits per heavy atom. The Balaban J connectivity index is 1.33. The number of nitrogens with zero attached hydrogens (tertiary/aromatic N) is 2. The number of benzene rings is 3. The normalized spacial score (nSPS) is 19.7. The van der Waals surface area contributed by atoms with E-state index in [1.54, 1.807) is 4.57 Å². The molecular weight excluding hydrogens is 549 g/mol. The van der Waals surface area contributed by atoms with Crippen LogP contribution in [0.1, 0.15) is 42.5 Å². The molecule has 4 aromatic rings. The molecule has 2 amide bonds. The minimum absolute atomic E-state index is 0.00631. The monoisotopic (exact) mass is 583 g/mol. The molecule has 2 unspecified atom stereocenters. The SMILES string of the molecule is CN1CCCC1CCNC(=O)c1cn2c3c(c(NC(=O)C4CCCNC4)c(F)cc3c1=O)Oc1cc3ccccc3cc1-2. The number of hydrogen-bond acceptors (Lipinski definition) is 6. The lowest BCUT2D eigenvalue weighted by atomic mass is 9.98. The van der Waals surface area contributed by atoms with Crippen LogP contribution in [0.25, 0.3) is 27.4 Å². The number of carbonyl (C=O) groups is 2. The van der Waals surface area contributed by atoms with E-state index in [4.69, 9.17) is 4.74 Å². The van der Waals surface area contributed by atoms with Crippen molar-refractivity contribution in [1.82, 2.24) is 20.1 Å². The van der Waals surface area contributed by atoms with Crippen molar-refractivity contribution < 1.29 is 18.7 Å². The average Bonchev–Trinajstić information content (AvgIpc) is 3.43. The first-order valence-electron chi connectivity index (χ1n) is 15.0. The number of anilines is 1. The molecule has 3 aliphatic heterocycles. The van der Waals surface area contributed by atoms with Crippen LogP contribution in [0.2, 0.25) is 0 Å². The number of amides is 2. The smallest absolute Gasteiger partial charge is 0.256 e. The minimum atomic E-state index is -0.797. The third kappa shape index (κ3) is 4.94. The van der Waals surface area contributed by atoms with Gasteiger partial charge in [0.1, 0.15) is 16.8 Å². The van der Waals surface area contributed by atoms with Crippen LogP contribution in [-0.4, -0.2) is 60.5 Å². The maximum atomic E-state index is 15.8. The van der Waals surface area contributed by atoms with Gasteiger partial charge in [-0.2, -0.15) is 0 Å². The zero-order valence-electron chi connectivity index (χ0n) is 24.0. The summed E-state index contributed by atoms with van der Waals surface area (Å²) in [4.78, 5) is 42.6. The van der Waals surface area contributed by atoms with E-state index in [1.165, 1.54) is 6.20 Å².